The maximum atomic E-state index is 11.4. The molecule has 3 aromatic rings. The molecule has 0 aliphatic heterocycles. The Hall–Kier alpha value is -3.02. The number of hydrogen-bond donors (Lipinski definition) is 1. The average Bonchev–Trinajstić information content (AvgIpc) is 3.01. The van der Waals surface area contributed by atoms with E-state index in [1.165, 1.54) is 0 Å². The molecule has 22 heavy (non-hydrogen) atoms. The van der Waals surface area contributed by atoms with Gasteiger partial charge in [-0.05, 0) is 24.6 Å². The Bertz CT molecular complexity index is 784. The molecule has 0 saturated heterocycles. The van der Waals surface area contributed by atoms with Gasteiger partial charge in [0.15, 0.2) is 5.69 Å². The Morgan fingerprint density at radius 3 is 2.45 bits per heavy atom. The van der Waals surface area contributed by atoms with E-state index in [0.29, 0.717) is 5.69 Å². The van der Waals surface area contributed by atoms with Crippen molar-refractivity contribution in [2.75, 3.05) is 0 Å². The standard InChI is InChI=1S/C16H14N4O2/c1-11(12-5-3-2-4-6-12)20-15(13-7-9-17-10-8-13)14(16(21)22)18-19-20/h2-11H,1H3,(H,21,22). The summed E-state index contributed by atoms with van der Waals surface area (Å²) in [6.45, 7) is 1.96. The van der Waals surface area contributed by atoms with Gasteiger partial charge in [-0.15, -0.1) is 5.10 Å². The van der Waals surface area contributed by atoms with Crippen LogP contribution in [0.3, 0.4) is 0 Å². The van der Waals surface area contributed by atoms with E-state index in [2.05, 4.69) is 15.3 Å². The molecule has 1 N–H and O–H groups in total. The Morgan fingerprint density at radius 2 is 1.82 bits per heavy atom. The first-order chi connectivity index (χ1) is 10.7. The number of rotatable bonds is 4. The summed E-state index contributed by atoms with van der Waals surface area (Å²) in [5, 5.41) is 17.2. The monoisotopic (exact) mass is 294 g/mol. The molecule has 0 bridgehead atoms. The Balaban J connectivity index is 2.15. The topological polar surface area (TPSA) is 80.9 Å². The highest BCUT2D eigenvalue weighted by Gasteiger charge is 2.23. The first-order valence-corrected chi connectivity index (χ1v) is 6.82. The van der Waals surface area contributed by atoms with Crippen molar-refractivity contribution in [3.8, 4) is 11.3 Å². The molecule has 1 atom stereocenters. The predicted octanol–water partition coefficient (Wildman–Crippen LogP) is 2.65. The Labute approximate surface area is 127 Å². The van der Waals surface area contributed by atoms with Crippen LogP contribution in [0.15, 0.2) is 54.9 Å². The van der Waals surface area contributed by atoms with Gasteiger partial charge in [0.1, 0.15) is 5.69 Å². The van der Waals surface area contributed by atoms with Gasteiger partial charge in [-0.1, -0.05) is 35.5 Å². The van der Waals surface area contributed by atoms with Crippen molar-refractivity contribution in [3.63, 3.8) is 0 Å². The summed E-state index contributed by atoms with van der Waals surface area (Å²) in [5.74, 6) is -1.10. The zero-order chi connectivity index (χ0) is 15.5. The fraction of sp³-hybridized carbons (Fsp3) is 0.125. The first kappa shape index (κ1) is 13.9. The third kappa shape index (κ3) is 2.46. The zero-order valence-corrected chi connectivity index (χ0v) is 11.9. The molecule has 2 aromatic heterocycles. The minimum absolute atomic E-state index is 0.0611. The van der Waals surface area contributed by atoms with Crippen LogP contribution < -0.4 is 0 Å². The first-order valence-electron chi connectivity index (χ1n) is 6.82. The summed E-state index contributed by atoms with van der Waals surface area (Å²) in [6.07, 6.45) is 3.23. The number of carboxylic acid groups (broad SMARTS) is 1. The number of carbonyl (C=O) groups is 1. The Kier molecular flexibility index (Phi) is 3.65. The highest BCUT2D eigenvalue weighted by atomic mass is 16.4. The van der Waals surface area contributed by atoms with Gasteiger partial charge >= 0.3 is 5.97 Å². The lowest BCUT2D eigenvalue weighted by Crippen LogP contribution is -2.11. The van der Waals surface area contributed by atoms with Gasteiger partial charge in [-0.25, -0.2) is 9.48 Å². The number of pyridine rings is 1. The molecule has 6 heteroatoms. The summed E-state index contributed by atoms with van der Waals surface area (Å²) < 4.78 is 1.63. The summed E-state index contributed by atoms with van der Waals surface area (Å²) in [6, 6.07) is 13.1. The van der Waals surface area contributed by atoms with Crippen molar-refractivity contribution in [3.05, 3.63) is 66.1 Å². The molecule has 0 saturated carbocycles. The van der Waals surface area contributed by atoms with Gasteiger partial charge in [-0.2, -0.15) is 0 Å². The van der Waals surface area contributed by atoms with Gasteiger partial charge in [0, 0.05) is 18.0 Å². The maximum absolute atomic E-state index is 11.4. The van der Waals surface area contributed by atoms with Crippen molar-refractivity contribution < 1.29 is 9.90 Å². The second-order valence-electron chi connectivity index (χ2n) is 4.86. The second-order valence-corrected chi connectivity index (χ2v) is 4.86. The van der Waals surface area contributed by atoms with E-state index in [-0.39, 0.29) is 11.7 Å². The number of hydrogen-bond acceptors (Lipinski definition) is 4. The van der Waals surface area contributed by atoms with Gasteiger partial charge in [-0.3, -0.25) is 4.98 Å². The minimum atomic E-state index is -1.10. The molecular formula is C16H14N4O2. The fourth-order valence-corrected chi connectivity index (χ4v) is 2.36. The SMILES string of the molecule is CC(c1ccccc1)n1nnc(C(=O)O)c1-c1ccncc1. The van der Waals surface area contributed by atoms with Gasteiger partial charge in [0.25, 0.3) is 0 Å². The molecule has 3 rings (SSSR count). The summed E-state index contributed by atoms with van der Waals surface area (Å²) in [7, 11) is 0. The largest absolute Gasteiger partial charge is 0.476 e. The predicted molar refractivity (Wildman–Crippen MR) is 80.5 cm³/mol. The van der Waals surface area contributed by atoms with Crippen LogP contribution in [0.25, 0.3) is 11.3 Å². The normalized spacial score (nSPS) is 12.0. The lowest BCUT2D eigenvalue weighted by atomic mass is 10.1. The van der Waals surface area contributed by atoms with Crippen LogP contribution in [0.5, 0.6) is 0 Å². The quantitative estimate of drug-likeness (QED) is 0.800. The molecule has 1 aromatic carbocycles. The van der Waals surface area contributed by atoms with Crippen molar-refractivity contribution in [1.82, 2.24) is 20.0 Å². The molecule has 0 spiro atoms. The van der Waals surface area contributed by atoms with E-state index < -0.39 is 5.97 Å². The number of carboxylic acids is 1. The highest BCUT2D eigenvalue weighted by molar-refractivity contribution is 5.92. The zero-order valence-electron chi connectivity index (χ0n) is 11.9. The number of nitrogens with zero attached hydrogens (tertiary/aromatic N) is 4. The molecule has 0 fully saturated rings. The van der Waals surface area contributed by atoms with Crippen molar-refractivity contribution in [2.45, 2.75) is 13.0 Å². The van der Waals surface area contributed by atoms with E-state index in [9.17, 15) is 9.90 Å². The van der Waals surface area contributed by atoms with Crippen LogP contribution in [-0.2, 0) is 0 Å². The lowest BCUT2D eigenvalue weighted by Gasteiger charge is -2.15. The van der Waals surface area contributed by atoms with Crippen LogP contribution >= 0.6 is 0 Å². The van der Waals surface area contributed by atoms with Crippen molar-refractivity contribution in [1.29, 1.82) is 0 Å². The van der Waals surface area contributed by atoms with E-state index in [4.69, 9.17) is 0 Å². The van der Waals surface area contributed by atoms with Gasteiger partial charge in [0.05, 0.1) is 6.04 Å². The number of aromatic nitrogens is 4. The van der Waals surface area contributed by atoms with Crippen LogP contribution in [-0.4, -0.2) is 31.1 Å². The summed E-state index contributed by atoms with van der Waals surface area (Å²) in [5.41, 5.74) is 2.17. The van der Waals surface area contributed by atoms with Crippen LogP contribution in [0.4, 0.5) is 0 Å². The van der Waals surface area contributed by atoms with Crippen LogP contribution in [0.1, 0.15) is 29.0 Å². The van der Waals surface area contributed by atoms with Crippen LogP contribution in [0.2, 0.25) is 0 Å². The third-order valence-electron chi connectivity index (χ3n) is 3.50. The summed E-state index contributed by atoms with van der Waals surface area (Å²) >= 11 is 0. The van der Waals surface area contributed by atoms with Crippen LogP contribution in [0, 0.1) is 0 Å². The molecule has 1 unspecified atom stereocenters. The highest BCUT2D eigenvalue weighted by Crippen LogP contribution is 2.27. The number of aromatic carboxylic acids is 1. The van der Waals surface area contributed by atoms with E-state index in [1.54, 1.807) is 29.2 Å². The molecule has 0 aliphatic carbocycles. The third-order valence-corrected chi connectivity index (χ3v) is 3.50. The molecule has 110 valence electrons. The molecular weight excluding hydrogens is 280 g/mol. The van der Waals surface area contributed by atoms with E-state index >= 15 is 0 Å². The molecule has 0 radical (unpaired) electrons. The average molecular weight is 294 g/mol. The second kappa shape index (κ2) is 5.77. The number of benzene rings is 1. The van der Waals surface area contributed by atoms with E-state index in [0.717, 1.165) is 11.1 Å². The fourth-order valence-electron chi connectivity index (χ4n) is 2.36. The van der Waals surface area contributed by atoms with E-state index in [1.807, 2.05) is 37.3 Å². The molecule has 2 heterocycles. The lowest BCUT2D eigenvalue weighted by molar-refractivity contribution is 0.0691. The maximum Gasteiger partial charge on any atom is 0.358 e. The van der Waals surface area contributed by atoms with Gasteiger partial charge in [0.2, 0.25) is 0 Å². The molecule has 0 amide bonds. The van der Waals surface area contributed by atoms with Gasteiger partial charge < -0.3 is 5.11 Å². The Morgan fingerprint density at radius 1 is 1.14 bits per heavy atom. The van der Waals surface area contributed by atoms with Crippen molar-refractivity contribution >= 4 is 5.97 Å². The molecule has 0 aliphatic rings. The smallest absolute Gasteiger partial charge is 0.358 e. The minimum Gasteiger partial charge on any atom is -0.476 e. The van der Waals surface area contributed by atoms with Crippen molar-refractivity contribution in [2.24, 2.45) is 0 Å². The summed E-state index contributed by atoms with van der Waals surface area (Å²) in [4.78, 5) is 15.4. The molecule has 6 nitrogen and oxygen atoms in total.